The lowest BCUT2D eigenvalue weighted by atomic mass is 10.2. The summed E-state index contributed by atoms with van der Waals surface area (Å²) in [7, 11) is -3.77. The Morgan fingerprint density at radius 2 is 1.72 bits per heavy atom. The Morgan fingerprint density at radius 1 is 1.08 bits per heavy atom. The molecule has 2 rings (SSSR count). The number of nitrogens with one attached hydrogen (secondary N) is 3. The molecule has 0 bridgehead atoms. The molecule has 0 unspecified atom stereocenters. The first-order chi connectivity index (χ1) is 11.8. The summed E-state index contributed by atoms with van der Waals surface area (Å²) in [6.45, 7) is 4.54. The maximum absolute atomic E-state index is 12.4. The number of hydrogen-bond acceptors (Lipinski definition) is 3. The van der Waals surface area contributed by atoms with E-state index in [-0.39, 0.29) is 10.9 Å². The molecule has 0 aromatic heterocycles. The summed E-state index contributed by atoms with van der Waals surface area (Å²) in [5.41, 5.74) is 0.803. The molecule has 0 aliphatic heterocycles. The van der Waals surface area contributed by atoms with Crippen LogP contribution in [0, 0.1) is 5.92 Å². The lowest BCUT2D eigenvalue weighted by Crippen LogP contribution is -2.31. The van der Waals surface area contributed by atoms with Gasteiger partial charge in [-0.1, -0.05) is 37.6 Å². The SMILES string of the molecule is CC(C)CNC(=O)Nc1ccc(S(=O)(=O)Nc2ccccc2Cl)cc1. The number of urea groups is 1. The van der Waals surface area contributed by atoms with Crippen LogP contribution in [0.25, 0.3) is 0 Å². The van der Waals surface area contributed by atoms with Crippen LogP contribution < -0.4 is 15.4 Å². The predicted molar refractivity (Wildman–Crippen MR) is 101 cm³/mol. The summed E-state index contributed by atoms with van der Waals surface area (Å²) in [6, 6.07) is 12.1. The second-order valence-electron chi connectivity index (χ2n) is 5.84. The van der Waals surface area contributed by atoms with Crippen molar-refractivity contribution in [2.45, 2.75) is 18.7 Å². The summed E-state index contributed by atoms with van der Waals surface area (Å²) >= 11 is 5.97. The van der Waals surface area contributed by atoms with E-state index in [0.29, 0.717) is 28.9 Å². The van der Waals surface area contributed by atoms with Crippen molar-refractivity contribution in [1.29, 1.82) is 0 Å². The number of halogens is 1. The average molecular weight is 382 g/mol. The Labute approximate surface area is 152 Å². The monoisotopic (exact) mass is 381 g/mol. The standard InChI is InChI=1S/C17H20ClN3O3S/c1-12(2)11-19-17(22)20-13-7-9-14(10-8-13)25(23,24)21-16-6-4-3-5-15(16)18/h3-10,12,21H,11H2,1-2H3,(H2,19,20,22). The molecule has 3 N–H and O–H groups in total. The van der Waals surface area contributed by atoms with Gasteiger partial charge in [0.2, 0.25) is 0 Å². The lowest BCUT2D eigenvalue weighted by Gasteiger charge is -2.11. The van der Waals surface area contributed by atoms with Gasteiger partial charge in [0.1, 0.15) is 0 Å². The number of para-hydroxylation sites is 1. The van der Waals surface area contributed by atoms with E-state index in [4.69, 9.17) is 11.6 Å². The van der Waals surface area contributed by atoms with Crippen LogP contribution in [-0.2, 0) is 10.0 Å². The minimum absolute atomic E-state index is 0.0700. The molecular formula is C17H20ClN3O3S. The van der Waals surface area contributed by atoms with Crippen molar-refractivity contribution in [3.63, 3.8) is 0 Å². The Balaban J connectivity index is 2.06. The Bertz CT molecular complexity index is 836. The van der Waals surface area contributed by atoms with Gasteiger partial charge in [-0.3, -0.25) is 4.72 Å². The minimum Gasteiger partial charge on any atom is -0.338 e. The fourth-order valence-corrected chi connectivity index (χ4v) is 3.26. The first kappa shape index (κ1) is 19.1. The molecule has 0 radical (unpaired) electrons. The van der Waals surface area contributed by atoms with E-state index >= 15 is 0 Å². The van der Waals surface area contributed by atoms with Gasteiger partial charge in [0.25, 0.3) is 10.0 Å². The van der Waals surface area contributed by atoms with Crippen LogP contribution in [0.2, 0.25) is 5.02 Å². The highest BCUT2D eigenvalue weighted by molar-refractivity contribution is 7.92. The molecule has 0 saturated carbocycles. The van der Waals surface area contributed by atoms with Crippen LogP contribution in [0.3, 0.4) is 0 Å². The molecular weight excluding hydrogens is 362 g/mol. The Kier molecular flexibility index (Phi) is 6.27. The van der Waals surface area contributed by atoms with E-state index in [1.807, 2.05) is 13.8 Å². The van der Waals surface area contributed by atoms with Crippen molar-refractivity contribution in [2.24, 2.45) is 5.92 Å². The van der Waals surface area contributed by atoms with Crippen molar-refractivity contribution in [1.82, 2.24) is 5.32 Å². The van der Waals surface area contributed by atoms with Crippen LogP contribution >= 0.6 is 11.6 Å². The molecule has 2 amide bonds. The van der Waals surface area contributed by atoms with Crippen molar-refractivity contribution in [2.75, 3.05) is 16.6 Å². The van der Waals surface area contributed by atoms with Crippen LogP contribution in [-0.4, -0.2) is 21.0 Å². The minimum atomic E-state index is -3.77. The third-order valence-corrected chi connectivity index (χ3v) is 4.92. The largest absolute Gasteiger partial charge is 0.338 e. The summed E-state index contributed by atoms with van der Waals surface area (Å²) in [5.74, 6) is 0.342. The zero-order valence-corrected chi connectivity index (χ0v) is 15.5. The molecule has 0 atom stereocenters. The molecule has 0 spiro atoms. The van der Waals surface area contributed by atoms with Gasteiger partial charge in [0, 0.05) is 12.2 Å². The molecule has 0 fully saturated rings. The number of hydrogen-bond donors (Lipinski definition) is 3. The van der Waals surface area contributed by atoms with Gasteiger partial charge >= 0.3 is 6.03 Å². The predicted octanol–water partition coefficient (Wildman–Crippen LogP) is 3.92. The highest BCUT2D eigenvalue weighted by Gasteiger charge is 2.15. The summed E-state index contributed by atoms with van der Waals surface area (Å²) < 4.78 is 27.2. The molecule has 6 nitrogen and oxygen atoms in total. The number of benzene rings is 2. The van der Waals surface area contributed by atoms with E-state index in [1.165, 1.54) is 24.3 Å². The van der Waals surface area contributed by atoms with Gasteiger partial charge in [-0.2, -0.15) is 0 Å². The first-order valence-electron chi connectivity index (χ1n) is 7.70. The molecule has 2 aromatic carbocycles. The summed E-state index contributed by atoms with van der Waals surface area (Å²) in [5, 5.41) is 5.68. The Morgan fingerprint density at radius 3 is 2.32 bits per heavy atom. The van der Waals surface area contributed by atoms with E-state index in [2.05, 4.69) is 15.4 Å². The van der Waals surface area contributed by atoms with Gasteiger partial charge < -0.3 is 10.6 Å². The average Bonchev–Trinajstić information content (AvgIpc) is 2.55. The molecule has 134 valence electrons. The molecule has 2 aromatic rings. The number of sulfonamides is 1. The zero-order chi connectivity index (χ0) is 18.4. The number of rotatable bonds is 6. The van der Waals surface area contributed by atoms with E-state index in [1.54, 1.807) is 24.3 Å². The highest BCUT2D eigenvalue weighted by atomic mass is 35.5. The highest BCUT2D eigenvalue weighted by Crippen LogP contribution is 2.24. The van der Waals surface area contributed by atoms with Crippen molar-refractivity contribution in [3.8, 4) is 0 Å². The first-order valence-corrected chi connectivity index (χ1v) is 9.56. The normalized spacial score (nSPS) is 11.2. The number of anilines is 2. The van der Waals surface area contributed by atoms with Crippen LogP contribution in [0.4, 0.5) is 16.2 Å². The second kappa shape index (κ2) is 8.22. The van der Waals surface area contributed by atoms with E-state index < -0.39 is 10.0 Å². The number of amides is 2. The van der Waals surface area contributed by atoms with E-state index in [0.717, 1.165) is 0 Å². The molecule has 0 aliphatic carbocycles. The smallest absolute Gasteiger partial charge is 0.319 e. The zero-order valence-electron chi connectivity index (χ0n) is 13.9. The fraction of sp³-hybridized carbons (Fsp3) is 0.235. The third-order valence-electron chi connectivity index (χ3n) is 3.21. The van der Waals surface area contributed by atoms with Crippen molar-refractivity contribution in [3.05, 3.63) is 53.6 Å². The van der Waals surface area contributed by atoms with Gasteiger partial charge in [-0.05, 0) is 42.3 Å². The maximum atomic E-state index is 12.4. The van der Waals surface area contributed by atoms with Crippen LogP contribution in [0.15, 0.2) is 53.4 Å². The number of carbonyl (C=O) groups is 1. The topological polar surface area (TPSA) is 87.3 Å². The molecule has 0 aliphatic rings. The van der Waals surface area contributed by atoms with E-state index in [9.17, 15) is 13.2 Å². The maximum Gasteiger partial charge on any atom is 0.319 e. The summed E-state index contributed by atoms with van der Waals surface area (Å²) in [4.78, 5) is 11.8. The summed E-state index contributed by atoms with van der Waals surface area (Å²) in [6.07, 6.45) is 0. The van der Waals surface area contributed by atoms with Gasteiger partial charge in [-0.25, -0.2) is 13.2 Å². The molecule has 0 heterocycles. The fourth-order valence-electron chi connectivity index (χ4n) is 1.94. The molecule has 8 heteroatoms. The van der Waals surface area contributed by atoms with Gasteiger partial charge in [0.15, 0.2) is 0 Å². The molecule has 0 saturated heterocycles. The lowest BCUT2D eigenvalue weighted by molar-refractivity contribution is 0.251. The van der Waals surface area contributed by atoms with Crippen molar-refractivity contribution < 1.29 is 13.2 Å². The van der Waals surface area contributed by atoms with Gasteiger partial charge in [-0.15, -0.1) is 0 Å². The Hall–Kier alpha value is -2.25. The van der Waals surface area contributed by atoms with Crippen LogP contribution in [0.5, 0.6) is 0 Å². The van der Waals surface area contributed by atoms with Crippen LogP contribution in [0.1, 0.15) is 13.8 Å². The quantitative estimate of drug-likeness (QED) is 0.708. The number of carbonyl (C=O) groups excluding carboxylic acids is 1. The van der Waals surface area contributed by atoms with Crippen molar-refractivity contribution >= 4 is 39.0 Å². The third kappa shape index (κ3) is 5.65. The van der Waals surface area contributed by atoms with Gasteiger partial charge in [0.05, 0.1) is 15.6 Å². The second-order valence-corrected chi connectivity index (χ2v) is 7.93. The molecule has 25 heavy (non-hydrogen) atoms.